The topological polar surface area (TPSA) is 77.3 Å². The average molecular weight is 1390 g/mol. The van der Waals surface area contributed by atoms with Gasteiger partial charge in [0.15, 0.2) is 0 Å². The number of nitrogens with zero attached hydrogens (tertiary/aromatic N) is 6. The molecule has 14 aromatic carbocycles. The van der Waals surface area contributed by atoms with Gasteiger partial charge in [0.2, 0.25) is 0 Å². The van der Waals surface area contributed by atoms with Crippen LogP contribution >= 0.6 is 9.12 Å². The first-order chi connectivity index (χ1) is 52.8. The van der Waals surface area contributed by atoms with Gasteiger partial charge in [-0.1, -0.05) is 286 Å². The second-order valence-electron chi connectivity index (χ2n) is 26.9. The van der Waals surface area contributed by atoms with Gasteiger partial charge in [-0.3, -0.25) is 29.9 Å². The van der Waals surface area contributed by atoms with Crippen molar-refractivity contribution in [3.8, 4) is 89.1 Å². The van der Waals surface area contributed by atoms with Crippen LogP contribution in [0, 0.1) is 13.8 Å². The van der Waals surface area contributed by atoms with E-state index in [2.05, 4.69) is 335 Å². The predicted octanol–water partition coefficient (Wildman–Crippen LogP) is 26.3. The molecule has 0 saturated carbocycles. The zero-order valence-corrected chi connectivity index (χ0v) is 60.6. The van der Waals surface area contributed by atoms with Crippen molar-refractivity contribution in [1.29, 1.82) is 0 Å². The predicted molar refractivity (Wildman–Crippen MR) is 458 cm³/mol. The molecule has 6 nitrogen and oxygen atoms in total. The Bertz CT molecular complexity index is 6500. The minimum atomic E-state index is 0.911. The van der Waals surface area contributed by atoms with Crippen LogP contribution in [0.3, 0.4) is 0 Å². The summed E-state index contributed by atoms with van der Waals surface area (Å²) < 4.78 is 0. The highest BCUT2D eigenvalue weighted by Gasteiger charge is 2.20. The van der Waals surface area contributed by atoms with Crippen molar-refractivity contribution >= 4 is 114 Å². The second kappa shape index (κ2) is 29.9. The quantitative estimate of drug-likeness (QED) is 0.0653. The smallest absolute Gasteiger partial charge is 0.134 e. The van der Waals surface area contributed by atoms with Gasteiger partial charge in [-0.15, -0.1) is 0 Å². The summed E-state index contributed by atoms with van der Waals surface area (Å²) in [6, 6.07) is 120. The van der Waals surface area contributed by atoms with E-state index >= 15 is 0 Å². The van der Waals surface area contributed by atoms with Crippen LogP contribution < -0.4 is 0 Å². The summed E-state index contributed by atoms with van der Waals surface area (Å²) in [5, 5.41) is 15.6. The third-order valence-electron chi connectivity index (χ3n) is 20.1. The molecule has 1 unspecified atom stereocenters. The minimum absolute atomic E-state index is 0.911. The van der Waals surface area contributed by atoms with Crippen molar-refractivity contribution in [2.75, 3.05) is 0 Å². The largest absolute Gasteiger partial charge is 0.256 e. The van der Waals surface area contributed by atoms with E-state index in [1.165, 1.54) is 110 Å². The van der Waals surface area contributed by atoms with Gasteiger partial charge in [-0.05, 0) is 190 Å². The third kappa shape index (κ3) is 13.4. The van der Waals surface area contributed by atoms with E-state index in [1.54, 1.807) is 0 Å². The number of aromatic nitrogens is 6. The fraction of sp³-hybridized carbons (Fsp3) is 0.0303. The highest BCUT2D eigenvalue weighted by Crippen LogP contribution is 2.47. The van der Waals surface area contributed by atoms with Gasteiger partial charge in [0.25, 0.3) is 0 Å². The molecule has 1 atom stereocenters. The second-order valence-corrected chi connectivity index (χ2v) is 27.5. The lowest BCUT2D eigenvalue weighted by molar-refractivity contribution is 1.23. The zero-order chi connectivity index (χ0) is 72.2. The van der Waals surface area contributed by atoms with Crippen molar-refractivity contribution in [2.24, 2.45) is 0 Å². The van der Waals surface area contributed by atoms with Gasteiger partial charge < -0.3 is 0 Å². The van der Waals surface area contributed by atoms with Gasteiger partial charge in [-0.25, -0.2) is 0 Å². The number of rotatable bonds is 8. The van der Waals surface area contributed by atoms with Crippen molar-refractivity contribution in [3.05, 3.63) is 376 Å². The van der Waals surface area contributed by atoms with E-state index in [0.717, 1.165) is 88.3 Å². The molecule has 8 heteroatoms. The number of para-hydroxylation sites is 1. The number of fused-ring (bicyclic) bond motifs is 11. The Balaban J connectivity index is 0.000000125. The summed E-state index contributed by atoms with van der Waals surface area (Å²) in [6.07, 6.45) is 7.66. The number of pyridine rings is 6. The molecule has 6 heterocycles. The van der Waals surface area contributed by atoms with Crippen LogP contribution in [0.1, 0.15) is 11.4 Å². The van der Waals surface area contributed by atoms with Gasteiger partial charge in [-0.2, -0.15) is 9.12 Å². The number of aryl methyl sites for hydroxylation is 2. The van der Waals surface area contributed by atoms with Gasteiger partial charge in [0.1, 0.15) is 7.00 Å². The molecule has 0 N–H and O–H groups in total. The number of hydrogen-bond acceptors (Lipinski definition) is 6. The van der Waals surface area contributed by atoms with Gasteiger partial charge in [0, 0.05) is 74.2 Å². The maximum atomic E-state index is 4.93. The standard InChI is InChI=1S/C48H30N2.C26H20N2.C24H16N2.CH5BP/c1-3-11-33-25-37(19-17-31(33)9-1)47-41-14-6-7-15-42(41)48(38-20-18-32-10-2-4-12-34(32)26-38)44-28-35(21-23-43(44)47)39-22-24-46(49-29-39)40-27-36-13-5-8-16-45(36)50-30-40;1-17-15-23(19-9-5-3-6-10-19)21-13-14-22-24(20-11-7-4-8-12-20)16-18(2)28-26(22)25(21)27-17;1-3-7-17(8-4-1)19-13-15-25-23-21(19)11-12-22-20(14-16-26-24(22)23)18-9-5-2-6-10-18;1-2-3/h1-30H;3-16H,1-2H3;1-16H;3H2,1H3. The summed E-state index contributed by atoms with van der Waals surface area (Å²) >= 11 is 0. The molecule has 107 heavy (non-hydrogen) atoms. The van der Waals surface area contributed by atoms with Crippen molar-refractivity contribution in [1.82, 2.24) is 29.9 Å². The number of hydrogen-bond donors (Lipinski definition) is 0. The lowest BCUT2D eigenvalue weighted by Crippen LogP contribution is -1.94. The highest BCUT2D eigenvalue weighted by atomic mass is 31.0. The van der Waals surface area contributed by atoms with Crippen molar-refractivity contribution < 1.29 is 0 Å². The maximum Gasteiger partial charge on any atom is 0.134 e. The van der Waals surface area contributed by atoms with Crippen LogP contribution in [0.2, 0.25) is 6.82 Å². The first-order valence-corrected chi connectivity index (χ1v) is 36.9. The van der Waals surface area contributed by atoms with Crippen LogP contribution in [0.25, 0.3) is 187 Å². The summed E-state index contributed by atoms with van der Waals surface area (Å²) in [7, 11) is 2.45. The molecule has 20 aromatic rings. The van der Waals surface area contributed by atoms with E-state index in [4.69, 9.17) is 15.0 Å². The first kappa shape index (κ1) is 67.0. The van der Waals surface area contributed by atoms with Crippen LogP contribution in [0.15, 0.2) is 365 Å². The van der Waals surface area contributed by atoms with Crippen LogP contribution in [-0.2, 0) is 0 Å². The Kier molecular flexibility index (Phi) is 18.7. The van der Waals surface area contributed by atoms with Crippen LogP contribution in [0.5, 0.6) is 0 Å². The van der Waals surface area contributed by atoms with Crippen LogP contribution in [-0.4, -0.2) is 36.9 Å². The Labute approximate surface area is 625 Å². The van der Waals surface area contributed by atoms with Crippen molar-refractivity contribution in [3.63, 3.8) is 0 Å². The Morgan fingerprint density at radius 1 is 0.243 bits per heavy atom. The minimum Gasteiger partial charge on any atom is -0.256 e. The molecule has 505 valence electrons. The molecule has 0 saturated heterocycles. The molecule has 6 aromatic heterocycles. The van der Waals surface area contributed by atoms with Gasteiger partial charge >= 0.3 is 0 Å². The molecule has 0 spiro atoms. The molecule has 0 amide bonds. The molecule has 20 rings (SSSR count). The summed E-state index contributed by atoms with van der Waals surface area (Å²) in [6.45, 7) is 7.99. The van der Waals surface area contributed by atoms with Crippen molar-refractivity contribution in [2.45, 2.75) is 20.7 Å². The molecular weight excluding hydrogens is 1310 g/mol. The lowest BCUT2D eigenvalue weighted by Gasteiger charge is -2.19. The summed E-state index contributed by atoms with van der Waals surface area (Å²) in [5.74, 6) is 0. The number of benzene rings is 14. The molecule has 0 aliphatic carbocycles. The van der Waals surface area contributed by atoms with E-state index in [-0.39, 0.29) is 0 Å². The van der Waals surface area contributed by atoms with E-state index in [9.17, 15) is 0 Å². The van der Waals surface area contributed by atoms with E-state index in [1.807, 2.05) is 81.1 Å². The SMILES string of the molecule is C[B]P.Cc1cc(-c2ccccc2)c2ccc3c(-c4ccccc4)cc(C)nc3c2n1.c1ccc(-c2ccnc3c2ccc2c(-c4ccccc4)ccnc23)cc1.c1ccc2cc(-c3c4ccccc4c(-c4ccc5ccccc5c4)c4cc(-c5ccc(-c6cnc7ccccc7c6)nc5)ccc34)ccc2c1. The van der Waals surface area contributed by atoms with Gasteiger partial charge in [0.05, 0.1) is 33.3 Å². The Hall–Kier alpha value is -13.2. The fourth-order valence-corrected chi connectivity index (χ4v) is 15.1. The first-order valence-electron chi connectivity index (χ1n) is 36.2. The zero-order valence-electron chi connectivity index (χ0n) is 59.5. The fourth-order valence-electron chi connectivity index (χ4n) is 15.1. The lowest BCUT2D eigenvalue weighted by atomic mass is 9.84. The Morgan fingerprint density at radius 3 is 1.08 bits per heavy atom. The monoisotopic (exact) mass is 1390 g/mol. The average Bonchev–Trinajstić information content (AvgIpc) is 0.732. The summed E-state index contributed by atoms with van der Waals surface area (Å²) in [4.78, 5) is 28.7. The van der Waals surface area contributed by atoms with E-state index < -0.39 is 0 Å². The van der Waals surface area contributed by atoms with E-state index in [0.29, 0.717) is 0 Å². The maximum absolute atomic E-state index is 4.93. The highest BCUT2D eigenvalue weighted by molar-refractivity contribution is 7.55. The van der Waals surface area contributed by atoms with Crippen LogP contribution in [0.4, 0.5) is 0 Å². The molecule has 1 radical (unpaired) electrons. The Morgan fingerprint density at radius 2 is 0.607 bits per heavy atom. The normalized spacial score (nSPS) is 11.2. The third-order valence-corrected chi connectivity index (χ3v) is 20.1. The molecular formula is C99H71BN6P. The summed E-state index contributed by atoms with van der Waals surface area (Å²) in [5.41, 5.74) is 25.5. The molecule has 0 bridgehead atoms. The molecule has 0 aliphatic heterocycles. The molecule has 0 fully saturated rings. The molecule has 0 aliphatic rings.